The lowest BCUT2D eigenvalue weighted by molar-refractivity contribution is -0.143. The van der Waals surface area contributed by atoms with Gasteiger partial charge in [-0.25, -0.2) is 4.39 Å². The van der Waals surface area contributed by atoms with Crippen LogP contribution in [-0.2, 0) is 22.6 Å². The normalized spacial score (nSPS) is 11.7. The maximum absolute atomic E-state index is 13.4. The highest BCUT2D eigenvalue weighted by Crippen LogP contribution is 2.17. The Morgan fingerprint density at radius 2 is 1.62 bits per heavy atom. The average Bonchev–Trinajstić information content (AvgIpc) is 2.81. The number of benzene rings is 3. The summed E-state index contributed by atoms with van der Waals surface area (Å²) in [6, 6.07) is 22.2. The van der Waals surface area contributed by atoms with E-state index in [9.17, 15) is 14.0 Å². The Morgan fingerprint density at radius 3 is 2.26 bits per heavy atom. The molecule has 3 aromatic rings. The molecule has 3 aromatic carbocycles. The Hall–Kier alpha value is -3.67. The van der Waals surface area contributed by atoms with Crippen molar-refractivity contribution in [3.05, 3.63) is 101 Å². The van der Waals surface area contributed by atoms with Crippen LogP contribution in [0.4, 0.5) is 4.39 Å². The Labute approximate surface area is 200 Å². The summed E-state index contributed by atoms with van der Waals surface area (Å²) in [4.78, 5) is 28.3. The highest BCUT2D eigenvalue weighted by Gasteiger charge is 2.31. The predicted octanol–water partition coefficient (Wildman–Crippen LogP) is 4.68. The number of aryl methyl sites for hydroxylation is 1. The van der Waals surface area contributed by atoms with Gasteiger partial charge in [0.05, 0.1) is 0 Å². The molecule has 178 valence electrons. The molecule has 1 unspecified atom stereocenters. The van der Waals surface area contributed by atoms with Crippen LogP contribution in [0.1, 0.15) is 30.5 Å². The maximum Gasteiger partial charge on any atom is 0.261 e. The number of carbonyl (C=O) groups excluding carboxylic acids is 2. The van der Waals surface area contributed by atoms with Gasteiger partial charge in [-0.3, -0.25) is 9.59 Å². The van der Waals surface area contributed by atoms with Gasteiger partial charge in [0.1, 0.15) is 17.6 Å². The lowest BCUT2D eigenvalue weighted by atomic mass is 10.0. The standard InChI is InChI=1S/C28H31FN2O3/c1-20(2)30-28(33)26(17-22-9-5-4-6-10-22)31(18-23-11-7-8-21(3)16-23)27(32)19-34-25-14-12-24(29)13-15-25/h4-16,20,26H,17-19H2,1-3H3,(H,30,33). The first-order chi connectivity index (χ1) is 16.3. The van der Waals surface area contributed by atoms with Gasteiger partial charge < -0.3 is 15.0 Å². The summed E-state index contributed by atoms with van der Waals surface area (Å²) < 4.78 is 18.9. The quantitative estimate of drug-likeness (QED) is 0.476. The second-order valence-corrected chi connectivity index (χ2v) is 8.62. The molecule has 34 heavy (non-hydrogen) atoms. The molecule has 0 aromatic heterocycles. The summed E-state index contributed by atoms with van der Waals surface area (Å²) >= 11 is 0. The predicted molar refractivity (Wildman–Crippen MR) is 131 cm³/mol. The molecule has 0 saturated heterocycles. The molecule has 0 aliphatic rings. The third kappa shape index (κ3) is 7.44. The molecule has 0 aliphatic carbocycles. The molecule has 1 N–H and O–H groups in total. The zero-order chi connectivity index (χ0) is 24.5. The molecule has 0 bridgehead atoms. The van der Waals surface area contributed by atoms with E-state index in [-0.39, 0.29) is 36.8 Å². The molecule has 0 saturated carbocycles. The van der Waals surface area contributed by atoms with Crippen molar-refractivity contribution in [1.29, 1.82) is 0 Å². The molecular weight excluding hydrogens is 431 g/mol. The van der Waals surface area contributed by atoms with E-state index in [0.717, 1.165) is 16.7 Å². The molecule has 6 heteroatoms. The van der Waals surface area contributed by atoms with Crippen LogP contribution in [0.3, 0.4) is 0 Å². The van der Waals surface area contributed by atoms with Crippen molar-refractivity contribution in [2.45, 2.75) is 45.8 Å². The molecule has 0 heterocycles. The second kappa shape index (κ2) is 12.0. The number of rotatable bonds is 10. The van der Waals surface area contributed by atoms with Gasteiger partial charge in [0.2, 0.25) is 5.91 Å². The number of ether oxygens (including phenoxy) is 1. The SMILES string of the molecule is Cc1cccc(CN(C(=O)COc2ccc(F)cc2)C(Cc2ccccc2)C(=O)NC(C)C)c1. The fourth-order valence-corrected chi connectivity index (χ4v) is 3.70. The number of amides is 2. The Kier molecular flexibility index (Phi) is 8.79. The summed E-state index contributed by atoms with van der Waals surface area (Å²) in [5, 5.41) is 2.96. The number of carbonyl (C=O) groups is 2. The van der Waals surface area contributed by atoms with Crippen LogP contribution in [0.15, 0.2) is 78.9 Å². The van der Waals surface area contributed by atoms with E-state index in [2.05, 4.69) is 5.32 Å². The number of hydrogen-bond acceptors (Lipinski definition) is 3. The molecular formula is C28H31FN2O3. The minimum atomic E-state index is -0.727. The topological polar surface area (TPSA) is 58.6 Å². The number of nitrogens with zero attached hydrogens (tertiary/aromatic N) is 1. The first-order valence-electron chi connectivity index (χ1n) is 11.4. The first kappa shape index (κ1) is 25.0. The Morgan fingerprint density at radius 1 is 0.941 bits per heavy atom. The van der Waals surface area contributed by atoms with E-state index in [0.29, 0.717) is 12.2 Å². The van der Waals surface area contributed by atoms with Crippen LogP contribution in [0.5, 0.6) is 5.75 Å². The monoisotopic (exact) mass is 462 g/mol. The van der Waals surface area contributed by atoms with Crippen molar-refractivity contribution in [1.82, 2.24) is 10.2 Å². The van der Waals surface area contributed by atoms with Gasteiger partial charge in [-0.1, -0.05) is 60.2 Å². The Balaban J connectivity index is 1.90. The zero-order valence-corrected chi connectivity index (χ0v) is 19.8. The van der Waals surface area contributed by atoms with Crippen LogP contribution >= 0.6 is 0 Å². The molecule has 0 fully saturated rings. The summed E-state index contributed by atoms with van der Waals surface area (Å²) in [7, 11) is 0. The van der Waals surface area contributed by atoms with Gasteiger partial charge >= 0.3 is 0 Å². The summed E-state index contributed by atoms with van der Waals surface area (Å²) in [5.41, 5.74) is 2.94. The summed E-state index contributed by atoms with van der Waals surface area (Å²) in [6.07, 6.45) is 0.369. The van der Waals surface area contributed by atoms with E-state index in [1.54, 1.807) is 4.90 Å². The van der Waals surface area contributed by atoms with Crippen LogP contribution < -0.4 is 10.1 Å². The van der Waals surface area contributed by atoms with Gasteiger partial charge in [0.15, 0.2) is 6.61 Å². The number of hydrogen-bond donors (Lipinski definition) is 1. The molecule has 2 amide bonds. The summed E-state index contributed by atoms with van der Waals surface area (Å²) in [6.45, 7) is 5.76. The molecule has 0 aliphatic heterocycles. The smallest absolute Gasteiger partial charge is 0.261 e. The average molecular weight is 463 g/mol. The molecule has 0 radical (unpaired) electrons. The van der Waals surface area contributed by atoms with E-state index < -0.39 is 6.04 Å². The van der Waals surface area contributed by atoms with Crippen molar-refractivity contribution in [3.8, 4) is 5.75 Å². The fraction of sp³-hybridized carbons (Fsp3) is 0.286. The van der Waals surface area contributed by atoms with E-state index >= 15 is 0 Å². The third-order valence-electron chi connectivity index (χ3n) is 5.31. The van der Waals surface area contributed by atoms with E-state index in [1.165, 1.54) is 24.3 Å². The highest BCUT2D eigenvalue weighted by molar-refractivity contribution is 5.88. The largest absolute Gasteiger partial charge is 0.484 e. The fourth-order valence-electron chi connectivity index (χ4n) is 3.70. The minimum absolute atomic E-state index is 0.0721. The van der Waals surface area contributed by atoms with Gasteiger partial charge in [-0.15, -0.1) is 0 Å². The molecule has 5 nitrogen and oxygen atoms in total. The van der Waals surface area contributed by atoms with Crippen molar-refractivity contribution >= 4 is 11.8 Å². The van der Waals surface area contributed by atoms with Crippen molar-refractivity contribution in [2.75, 3.05) is 6.61 Å². The van der Waals surface area contributed by atoms with Crippen LogP contribution in [0.2, 0.25) is 0 Å². The lowest BCUT2D eigenvalue weighted by Crippen LogP contribution is -2.52. The van der Waals surface area contributed by atoms with Crippen molar-refractivity contribution in [2.24, 2.45) is 0 Å². The third-order valence-corrected chi connectivity index (χ3v) is 5.31. The molecule has 0 spiro atoms. The van der Waals surface area contributed by atoms with Gasteiger partial charge in [0.25, 0.3) is 5.91 Å². The van der Waals surface area contributed by atoms with E-state index in [4.69, 9.17) is 4.74 Å². The first-order valence-corrected chi connectivity index (χ1v) is 11.4. The van der Waals surface area contributed by atoms with Gasteiger partial charge in [-0.2, -0.15) is 0 Å². The van der Waals surface area contributed by atoms with Crippen LogP contribution in [-0.4, -0.2) is 35.4 Å². The zero-order valence-electron chi connectivity index (χ0n) is 19.8. The van der Waals surface area contributed by atoms with Gasteiger partial charge in [-0.05, 0) is 56.2 Å². The lowest BCUT2D eigenvalue weighted by Gasteiger charge is -2.32. The van der Waals surface area contributed by atoms with Crippen LogP contribution in [0.25, 0.3) is 0 Å². The van der Waals surface area contributed by atoms with Crippen molar-refractivity contribution in [3.63, 3.8) is 0 Å². The number of nitrogens with one attached hydrogen (secondary N) is 1. The van der Waals surface area contributed by atoms with Crippen molar-refractivity contribution < 1.29 is 18.7 Å². The second-order valence-electron chi connectivity index (χ2n) is 8.62. The number of halogens is 1. The van der Waals surface area contributed by atoms with Gasteiger partial charge in [0, 0.05) is 19.0 Å². The van der Waals surface area contributed by atoms with E-state index in [1.807, 2.05) is 75.4 Å². The molecule has 3 rings (SSSR count). The Bertz CT molecular complexity index is 1080. The highest BCUT2D eigenvalue weighted by atomic mass is 19.1. The molecule has 1 atom stereocenters. The minimum Gasteiger partial charge on any atom is -0.484 e. The maximum atomic E-state index is 13.4. The summed E-state index contributed by atoms with van der Waals surface area (Å²) in [5.74, 6) is -0.545. The van der Waals surface area contributed by atoms with Crippen LogP contribution in [0, 0.1) is 12.7 Å².